The average molecular weight is 271 g/mol. The van der Waals surface area contributed by atoms with Gasteiger partial charge in [-0.3, -0.25) is 0 Å². The first-order valence-corrected chi connectivity index (χ1v) is 7.58. The lowest BCUT2D eigenvalue weighted by atomic mass is 10.3. The molecule has 3 N–H and O–H groups in total. The van der Waals surface area contributed by atoms with E-state index in [1.165, 1.54) is 0 Å². The largest absolute Gasteiger partial charge is 0.369 e. The Morgan fingerprint density at radius 1 is 1.28 bits per heavy atom. The summed E-state index contributed by atoms with van der Waals surface area (Å²) in [6.45, 7) is 5.96. The number of rotatable bonds is 7. The zero-order chi connectivity index (χ0) is 13.6. The molecule has 0 atom stereocenters. The minimum Gasteiger partial charge on any atom is -0.369 e. The van der Waals surface area contributed by atoms with E-state index in [1.807, 2.05) is 24.0 Å². The maximum absolute atomic E-state index is 12.1. The summed E-state index contributed by atoms with van der Waals surface area (Å²) < 4.78 is 26.7. The average Bonchev–Trinajstić information content (AvgIpc) is 2.36. The first-order chi connectivity index (χ1) is 8.56. The lowest BCUT2D eigenvalue weighted by Gasteiger charge is -2.24. The van der Waals surface area contributed by atoms with Crippen LogP contribution in [0.15, 0.2) is 29.2 Å². The van der Waals surface area contributed by atoms with Gasteiger partial charge in [-0.1, -0.05) is 19.1 Å². The summed E-state index contributed by atoms with van der Waals surface area (Å²) in [5.41, 5.74) is 6.25. The van der Waals surface area contributed by atoms with Gasteiger partial charge in [0, 0.05) is 26.2 Å². The molecule has 0 aliphatic carbocycles. The third-order valence-corrected chi connectivity index (χ3v) is 4.20. The predicted octanol–water partition coefficient (Wildman–Crippen LogP) is 0.770. The summed E-state index contributed by atoms with van der Waals surface area (Å²) in [4.78, 5) is 2.27. The highest BCUT2D eigenvalue weighted by atomic mass is 32.2. The molecule has 0 unspecified atom stereocenters. The highest BCUT2D eigenvalue weighted by Crippen LogP contribution is 2.24. The van der Waals surface area contributed by atoms with Crippen molar-refractivity contribution >= 4 is 15.7 Å². The number of para-hydroxylation sites is 1. The SMILES string of the molecule is CCNS(=O)(=O)c1ccccc1N(CC)CCN. The number of hydrogen-bond donors (Lipinski definition) is 2. The van der Waals surface area contributed by atoms with Crippen LogP contribution in [-0.2, 0) is 10.0 Å². The van der Waals surface area contributed by atoms with Crippen molar-refractivity contribution in [3.05, 3.63) is 24.3 Å². The third-order valence-electron chi connectivity index (χ3n) is 2.61. The van der Waals surface area contributed by atoms with Crippen molar-refractivity contribution in [3.8, 4) is 0 Å². The minimum atomic E-state index is -3.45. The van der Waals surface area contributed by atoms with Crippen LogP contribution in [0.25, 0.3) is 0 Å². The number of anilines is 1. The molecule has 102 valence electrons. The number of nitrogens with zero attached hydrogens (tertiary/aromatic N) is 1. The number of nitrogens with two attached hydrogens (primary N) is 1. The molecule has 0 saturated heterocycles. The summed E-state index contributed by atoms with van der Waals surface area (Å²) >= 11 is 0. The molecule has 18 heavy (non-hydrogen) atoms. The summed E-state index contributed by atoms with van der Waals surface area (Å²) in [6.07, 6.45) is 0. The highest BCUT2D eigenvalue weighted by Gasteiger charge is 2.19. The Kier molecular flexibility index (Phi) is 5.58. The van der Waals surface area contributed by atoms with Crippen LogP contribution in [-0.4, -0.2) is 34.6 Å². The minimum absolute atomic E-state index is 0.308. The molecular weight excluding hydrogens is 250 g/mol. The van der Waals surface area contributed by atoms with E-state index in [1.54, 1.807) is 19.1 Å². The van der Waals surface area contributed by atoms with Crippen LogP contribution in [0.5, 0.6) is 0 Å². The molecule has 0 saturated carbocycles. The summed E-state index contributed by atoms with van der Waals surface area (Å²) in [6, 6.07) is 6.99. The molecule has 0 bridgehead atoms. The molecule has 0 amide bonds. The molecular formula is C12H21N3O2S. The Morgan fingerprint density at radius 3 is 2.50 bits per heavy atom. The second-order valence-electron chi connectivity index (χ2n) is 3.84. The zero-order valence-electron chi connectivity index (χ0n) is 10.9. The van der Waals surface area contributed by atoms with Crippen LogP contribution in [0, 0.1) is 0 Å². The van der Waals surface area contributed by atoms with Crippen molar-refractivity contribution < 1.29 is 8.42 Å². The number of sulfonamides is 1. The third kappa shape index (κ3) is 3.44. The first kappa shape index (κ1) is 14.9. The van der Waals surface area contributed by atoms with Crippen molar-refractivity contribution in [1.82, 2.24) is 4.72 Å². The van der Waals surface area contributed by atoms with Crippen molar-refractivity contribution in [2.45, 2.75) is 18.7 Å². The normalized spacial score (nSPS) is 11.5. The maximum atomic E-state index is 12.1. The molecule has 1 aromatic carbocycles. The van der Waals surface area contributed by atoms with E-state index in [2.05, 4.69) is 4.72 Å². The number of nitrogens with one attached hydrogen (secondary N) is 1. The second-order valence-corrected chi connectivity index (χ2v) is 5.57. The van der Waals surface area contributed by atoms with Crippen LogP contribution in [0.3, 0.4) is 0 Å². The molecule has 1 rings (SSSR count). The van der Waals surface area contributed by atoms with Gasteiger partial charge in [-0.2, -0.15) is 0 Å². The highest BCUT2D eigenvalue weighted by molar-refractivity contribution is 7.89. The van der Waals surface area contributed by atoms with E-state index < -0.39 is 10.0 Å². The molecule has 0 aliphatic heterocycles. The van der Waals surface area contributed by atoms with E-state index >= 15 is 0 Å². The number of benzene rings is 1. The lowest BCUT2D eigenvalue weighted by molar-refractivity contribution is 0.583. The number of hydrogen-bond acceptors (Lipinski definition) is 4. The Bertz CT molecular complexity index is 474. The van der Waals surface area contributed by atoms with Crippen molar-refractivity contribution in [1.29, 1.82) is 0 Å². The van der Waals surface area contributed by atoms with Crippen molar-refractivity contribution in [3.63, 3.8) is 0 Å². The summed E-state index contributed by atoms with van der Waals surface area (Å²) in [7, 11) is -3.45. The van der Waals surface area contributed by atoms with Gasteiger partial charge >= 0.3 is 0 Å². The van der Waals surface area contributed by atoms with E-state index in [0.29, 0.717) is 30.2 Å². The van der Waals surface area contributed by atoms with Crippen LogP contribution < -0.4 is 15.4 Å². The molecule has 0 aliphatic rings. The fourth-order valence-electron chi connectivity index (χ4n) is 1.82. The van der Waals surface area contributed by atoms with Crippen LogP contribution in [0.4, 0.5) is 5.69 Å². The molecule has 0 spiro atoms. The predicted molar refractivity (Wildman–Crippen MR) is 74.2 cm³/mol. The Hall–Kier alpha value is -1.11. The van der Waals surface area contributed by atoms with Gasteiger partial charge in [0.1, 0.15) is 4.90 Å². The van der Waals surface area contributed by atoms with Crippen LogP contribution >= 0.6 is 0 Å². The Labute approximate surface area is 109 Å². The van der Waals surface area contributed by atoms with Gasteiger partial charge in [0.15, 0.2) is 0 Å². The smallest absolute Gasteiger partial charge is 0.242 e. The first-order valence-electron chi connectivity index (χ1n) is 6.10. The van der Waals surface area contributed by atoms with Gasteiger partial charge in [0.05, 0.1) is 5.69 Å². The maximum Gasteiger partial charge on any atom is 0.242 e. The molecule has 6 heteroatoms. The van der Waals surface area contributed by atoms with E-state index in [9.17, 15) is 8.42 Å². The molecule has 0 radical (unpaired) electrons. The van der Waals surface area contributed by atoms with Gasteiger partial charge in [0.2, 0.25) is 10.0 Å². The zero-order valence-corrected chi connectivity index (χ0v) is 11.7. The standard InChI is InChI=1S/C12H21N3O2S/c1-3-14-18(16,17)12-8-6-5-7-11(12)15(4-2)10-9-13/h5-8,14H,3-4,9-10,13H2,1-2H3. The van der Waals surface area contributed by atoms with Gasteiger partial charge in [-0.05, 0) is 19.1 Å². The van der Waals surface area contributed by atoms with Crippen molar-refractivity contribution in [2.24, 2.45) is 5.73 Å². The second kappa shape index (κ2) is 6.72. The fourth-order valence-corrected chi connectivity index (χ4v) is 3.08. The number of likely N-dealkylation sites (N-methyl/N-ethyl adjacent to an activating group) is 1. The quantitative estimate of drug-likeness (QED) is 0.768. The van der Waals surface area contributed by atoms with Gasteiger partial charge in [-0.25, -0.2) is 13.1 Å². The molecule has 0 aromatic heterocycles. The Morgan fingerprint density at radius 2 is 1.94 bits per heavy atom. The van der Waals surface area contributed by atoms with Crippen LogP contribution in [0.2, 0.25) is 0 Å². The topological polar surface area (TPSA) is 75.4 Å². The van der Waals surface area contributed by atoms with E-state index in [4.69, 9.17) is 5.73 Å². The van der Waals surface area contributed by atoms with E-state index in [0.717, 1.165) is 6.54 Å². The molecule has 5 nitrogen and oxygen atoms in total. The fraction of sp³-hybridized carbons (Fsp3) is 0.500. The lowest BCUT2D eigenvalue weighted by Crippen LogP contribution is -2.32. The summed E-state index contributed by atoms with van der Waals surface area (Å²) in [5.74, 6) is 0. The summed E-state index contributed by atoms with van der Waals surface area (Å²) in [5, 5.41) is 0. The van der Waals surface area contributed by atoms with Gasteiger partial charge in [0.25, 0.3) is 0 Å². The van der Waals surface area contributed by atoms with Crippen LogP contribution in [0.1, 0.15) is 13.8 Å². The Balaban J connectivity index is 3.21. The molecule has 0 heterocycles. The van der Waals surface area contributed by atoms with Gasteiger partial charge < -0.3 is 10.6 Å². The molecule has 0 fully saturated rings. The van der Waals surface area contributed by atoms with E-state index in [-0.39, 0.29) is 0 Å². The van der Waals surface area contributed by atoms with Crippen molar-refractivity contribution in [2.75, 3.05) is 31.1 Å². The van der Waals surface area contributed by atoms with Gasteiger partial charge in [-0.15, -0.1) is 0 Å². The molecule has 1 aromatic rings. The monoisotopic (exact) mass is 271 g/mol.